The molecule has 0 atom stereocenters. The van der Waals surface area contributed by atoms with Crippen molar-refractivity contribution in [3.63, 3.8) is 0 Å². The minimum Gasteiger partial charge on any atom is -0.459 e. The molecular formula is C22H24N4O3. The number of rotatable bonds is 6. The number of hydrogen-bond acceptors (Lipinski definition) is 5. The summed E-state index contributed by atoms with van der Waals surface area (Å²) in [6, 6.07) is 9.24. The van der Waals surface area contributed by atoms with Crippen LogP contribution < -0.4 is 15.5 Å². The summed E-state index contributed by atoms with van der Waals surface area (Å²) in [5, 5.41) is 7.64. The molecule has 4 rings (SSSR count). The van der Waals surface area contributed by atoms with Gasteiger partial charge in [-0.3, -0.25) is 14.6 Å². The molecule has 1 aliphatic rings. The van der Waals surface area contributed by atoms with Gasteiger partial charge in [0.2, 0.25) is 5.91 Å². The second kappa shape index (κ2) is 8.77. The summed E-state index contributed by atoms with van der Waals surface area (Å²) in [6.45, 7) is 2.34. The third-order valence-electron chi connectivity index (χ3n) is 5.15. The van der Waals surface area contributed by atoms with Crippen molar-refractivity contribution in [2.75, 3.05) is 29.9 Å². The topological polar surface area (TPSA) is 87.5 Å². The number of carbonyl (C=O) groups excluding carboxylic acids is 2. The Morgan fingerprint density at radius 2 is 1.93 bits per heavy atom. The van der Waals surface area contributed by atoms with Crippen molar-refractivity contribution in [3.8, 4) is 0 Å². The zero-order valence-electron chi connectivity index (χ0n) is 16.2. The largest absolute Gasteiger partial charge is 0.459 e. The number of furan rings is 1. The molecule has 0 unspecified atom stereocenters. The van der Waals surface area contributed by atoms with E-state index in [1.807, 2.05) is 12.1 Å². The molecule has 0 radical (unpaired) electrons. The maximum absolute atomic E-state index is 12.4. The van der Waals surface area contributed by atoms with Crippen LogP contribution in [0.3, 0.4) is 0 Å². The second-order valence-corrected chi connectivity index (χ2v) is 7.13. The van der Waals surface area contributed by atoms with Crippen molar-refractivity contribution >= 4 is 34.0 Å². The summed E-state index contributed by atoms with van der Waals surface area (Å²) in [7, 11) is 0. The number of anilines is 2. The Labute approximate surface area is 169 Å². The van der Waals surface area contributed by atoms with Gasteiger partial charge < -0.3 is 20.0 Å². The van der Waals surface area contributed by atoms with Crippen molar-refractivity contribution in [3.05, 3.63) is 54.7 Å². The molecule has 0 spiro atoms. The molecule has 150 valence electrons. The van der Waals surface area contributed by atoms with Gasteiger partial charge in [0.1, 0.15) is 0 Å². The van der Waals surface area contributed by atoms with Gasteiger partial charge in [0.15, 0.2) is 5.76 Å². The van der Waals surface area contributed by atoms with E-state index in [-0.39, 0.29) is 30.5 Å². The lowest BCUT2D eigenvalue weighted by atomic mass is 10.0. The number of nitrogens with zero attached hydrogens (tertiary/aromatic N) is 2. The molecule has 0 bridgehead atoms. The molecule has 1 fully saturated rings. The van der Waals surface area contributed by atoms with Gasteiger partial charge >= 0.3 is 0 Å². The van der Waals surface area contributed by atoms with Crippen molar-refractivity contribution in [2.45, 2.75) is 25.7 Å². The third-order valence-corrected chi connectivity index (χ3v) is 5.15. The first-order valence-electron chi connectivity index (χ1n) is 9.95. The number of carbonyl (C=O) groups is 2. The predicted octanol–water partition coefficient (Wildman–Crippen LogP) is 3.58. The van der Waals surface area contributed by atoms with Gasteiger partial charge in [-0.2, -0.15) is 0 Å². The summed E-state index contributed by atoms with van der Waals surface area (Å²) < 4.78 is 5.03. The number of piperidine rings is 1. The first-order valence-corrected chi connectivity index (χ1v) is 9.95. The number of fused-ring (bicyclic) bond motifs is 1. The highest BCUT2D eigenvalue weighted by Gasteiger charge is 2.16. The molecule has 1 aliphatic heterocycles. The van der Waals surface area contributed by atoms with Crippen molar-refractivity contribution < 1.29 is 14.0 Å². The SMILES string of the molecule is O=C(CCNC(=O)c1ccco1)Nc1ccc(N2CCCCC2)c2ccncc12. The van der Waals surface area contributed by atoms with E-state index < -0.39 is 0 Å². The van der Waals surface area contributed by atoms with Crippen molar-refractivity contribution in [1.82, 2.24) is 10.3 Å². The highest BCUT2D eigenvalue weighted by atomic mass is 16.3. The zero-order chi connectivity index (χ0) is 20.1. The van der Waals surface area contributed by atoms with E-state index in [9.17, 15) is 9.59 Å². The molecule has 0 aliphatic carbocycles. The van der Waals surface area contributed by atoms with Crippen molar-refractivity contribution in [2.24, 2.45) is 0 Å². The van der Waals surface area contributed by atoms with Gasteiger partial charge in [0, 0.05) is 54.9 Å². The van der Waals surface area contributed by atoms with Crippen LogP contribution >= 0.6 is 0 Å². The predicted molar refractivity (Wildman–Crippen MR) is 112 cm³/mol. The lowest BCUT2D eigenvalue weighted by molar-refractivity contribution is -0.116. The maximum atomic E-state index is 12.4. The van der Waals surface area contributed by atoms with E-state index in [2.05, 4.69) is 26.6 Å². The summed E-state index contributed by atoms with van der Waals surface area (Å²) in [6.07, 6.45) is 8.86. The van der Waals surface area contributed by atoms with Crippen LogP contribution in [0.15, 0.2) is 53.4 Å². The van der Waals surface area contributed by atoms with Gasteiger partial charge in [-0.15, -0.1) is 0 Å². The number of hydrogen-bond donors (Lipinski definition) is 2. The fraction of sp³-hybridized carbons (Fsp3) is 0.318. The standard InChI is InChI=1S/C22H24N4O3/c27-21(9-11-24-22(28)20-5-4-14-29-20)25-18-6-7-19(26-12-2-1-3-13-26)16-8-10-23-15-17(16)18/h4-8,10,14-15H,1-3,9,11-13H2,(H,24,28)(H,25,27). The highest BCUT2D eigenvalue weighted by molar-refractivity contribution is 6.06. The molecular weight excluding hydrogens is 368 g/mol. The minimum absolute atomic E-state index is 0.166. The first kappa shape index (κ1) is 19.0. The second-order valence-electron chi connectivity index (χ2n) is 7.13. The molecule has 2 N–H and O–H groups in total. The Bertz CT molecular complexity index is 994. The summed E-state index contributed by atoms with van der Waals surface area (Å²) in [4.78, 5) is 30.9. The van der Waals surface area contributed by atoms with E-state index in [0.717, 1.165) is 29.5 Å². The smallest absolute Gasteiger partial charge is 0.286 e. The van der Waals surface area contributed by atoms with E-state index in [1.165, 1.54) is 31.2 Å². The Hall–Kier alpha value is -3.35. The van der Waals surface area contributed by atoms with Crippen LogP contribution in [0.25, 0.3) is 10.8 Å². The first-order chi connectivity index (χ1) is 14.2. The van der Waals surface area contributed by atoms with Crippen LogP contribution in [-0.4, -0.2) is 36.4 Å². The molecule has 3 aromatic rings. The molecule has 2 aromatic heterocycles. The summed E-state index contributed by atoms with van der Waals surface area (Å²) in [5.41, 5.74) is 1.92. The van der Waals surface area contributed by atoms with Gasteiger partial charge in [0.05, 0.1) is 12.0 Å². The molecule has 7 nitrogen and oxygen atoms in total. The van der Waals surface area contributed by atoms with E-state index >= 15 is 0 Å². The van der Waals surface area contributed by atoms with Gasteiger partial charge in [0.25, 0.3) is 5.91 Å². The molecule has 1 saturated heterocycles. The number of aromatic nitrogens is 1. The van der Waals surface area contributed by atoms with Crippen LogP contribution in [-0.2, 0) is 4.79 Å². The number of nitrogens with one attached hydrogen (secondary N) is 2. The number of amides is 2. The molecule has 3 heterocycles. The number of benzene rings is 1. The van der Waals surface area contributed by atoms with Crippen LogP contribution in [0.1, 0.15) is 36.2 Å². The van der Waals surface area contributed by atoms with Gasteiger partial charge in [-0.1, -0.05) is 0 Å². The van der Waals surface area contributed by atoms with Crippen molar-refractivity contribution in [1.29, 1.82) is 0 Å². The lowest BCUT2D eigenvalue weighted by Crippen LogP contribution is -2.29. The average molecular weight is 392 g/mol. The molecule has 1 aromatic carbocycles. The van der Waals surface area contributed by atoms with Crippen LogP contribution in [0.4, 0.5) is 11.4 Å². The number of pyridine rings is 1. The average Bonchev–Trinajstić information content (AvgIpc) is 3.30. The van der Waals surface area contributed by atoms with Gasteiger partial charge in [-0.25, -0.2) is 0 Å². The third kappa shape index (κ3) is 4.39. The van der Waals surface area contributed by atoms with E-state index in [1.54, 1.807) is 24.5 Å². The summed E-state index contributed by atoms with van der Waals surface area (Å²) >= 11 is 0. The van der Waals surface area contributed by atoms with Crippen LogP contribution in [0.2, 0.25) is 0 Å². The Kier molecular flexibility index (Phi) is 5.74. The summed E-state index contributed by atoms with van der Waals surface area (Å²) in [5.74, 6) is -0.264. The fourth-order valence-corrected chi connectivity index (χ4v) is 3.69. The molecule has 0 saturated carbocycles. The molecule has 2 amide bonds. The Balaban J connectivity index is 1.42. The fourth-order valence-electron chi connectivity index (χ4n) is 3.69. The van der Waals surface area contributed by atoms with Gasteiger partial charge in [-0.05, 0) is 49.6 Å². The Morgan fingerprint density at radius 1 is 1.07 bits per heavy atom. The maximum Gasteiger partial charge on any atom is 0.286 e. The normalized spacial score (nSPS) is 14.0. The van der Waals surface area contributed by atoms with E-state index in [4.69, 9.17) is 4.42 Å². The quantitative estimate of drug-likeness (QED) is 0.670. The van der Waals surface area contributed by atoms with Crippen LogP contribution in [0, 0.1) is 0 Å². The zero-order valence-corrected chi connectivity index (χ0v) is 16.2. The minimum atomic E-state index is -0.330. The molecule has 29 heavy (non-hydrogen) atoms. The lowest BCUT2D eigenvalue weighted by Gasteiger charge is -2.30. The van der Waals surface area contributed by atoms with Crippen LogP contribution in [0.5, 0.6) is 0 Å². The highest BCUT2D eigenvalue weighted by Crippen LogP contribution is 2.33. The Morgan fingerprint density at radius 3 is 2.72 bits per heavy atom. The monoisotopic (exact) mass is 392 g/mol. The molecule has 7 heteroatoms. The van der Waals surface area contributed by atoms with E-state index in [0.29, 0.717) is 0 Å².